The summed E-state index contributed by atoms with van der Waals surface area (Å²) in [5.41, 5.74) is 1.80. The maximum atomic E-state index is 12.3. The Bertz CT molecular complexity index is 956. The molecular formula is C21H20N2O5S. The smallest absolute Gasteiger partial charge is 0.338 e. The zero-order valence-electron chi connectivity index (χ0n) is 15.8. The van der Waals surface area contributed by atoms with E-state index >= 15 is 0 Å². The van der Waals surface area contributed by atoms with Crippen LogP contribution in [0.25, 0.3) is 0 Å². The van der Waals surface area contributed by atoms with Crippen LogP contribution in [0.15, 0.2) is 47.4 Å². The first-order valence-electron chi connectivity index (χ1n) is 9.13. The second-order valence-electron chi connectivity index (χ2n) is 6.34. The van der Waals surface area contributed by atoms with Gasteiger partial charge in [0.1, 0.15) is 0 Å². The lowest BCUT2D eigenvalue weighted by atomic mass is 10.1. The number of thioether (sulfide) groups is 1. The van der Waals surface area contributed by atoms with Crippen molar-refractivity contribution in [2.45, 2.75) is 24.7 Å². The zero-order chi connectivity index (χ0) is 20.8. The van der Waals surface area contributed by atoms with Gasteiger partial charge in [-0.2, -0.15) is 0 Å². The van der Waals surface area contributed by atoms with Crippen LogP contribution in [-0.4, -0.2) is 35.9 Å². The van der Waals surface area contributed by atoms with Crippen molar-refractivity contribution >= 4 is 46.7 Å². The Morgan fingerprint density at radius 1 is 1.10 bits per heavy atom. The van der Waals surface area contributed by atoms with E-state index in [1.54, 1.807) is 49.4 Å². The molecule has 2 aromatic rings. The van der Waals surface area contributed by atoms with Gasteiger partial charge >= 0.3 is 5.97 Å². The SMILES string of the molecule is CCC(=O)Nc1ccc(C(=O)COC(=O)c2ccc3c(c2)NC(=O)CCS3)cc1. The predicted octanol–water partition coefficient (Wildman–Crippen LogP) is 3.51. The number of benzene rings is 2. The van der Waals surface area contributed by atoms with E-state index in [9.17, 15) is 19.2 Å². The highest BCUT2D eigenvalue weighted by atomic mass is 32.2. The van der Waals surface area contributed by atoms with E-state index in [1.807, 2.05) is 0 Å². The van der Waals surface area contributed by atoms with E-state index in [-0.39, 0.29) is 23.2 Å². The van der Waals surface area contributed by atoms with Crippen molar-refractivity contribution in [3.05, 3.63) is 53.6 Å². The molecule has 0 unspecified atom stereocenters. The number of hydrogen-bond donors (Lipinski definition) is 2. The standard InChI is InChI=1S/C21H20N2O5S/c1-2-19(25)22-15-6-3-13(4-7-15)17(24)12-28-21(27)14-5-8-18-16(11-14)23-20(26)9-10-29-18/h3-8,11H,2,9-10,12H2,1H3,(H,22,25)(H,23,26). The van der Waals surface area contributed by atoms with Crippen molar-refractivity contribution in [1.29, 1.82) is 0 Å². The molecule has 1 aliphatic rings. The molecule has 0 saturated heterocycles. The Balaban J connectivity index is 1.59. The number of ether oxygens (including phenoxy) is 1. The number of carbonyl (C=O) groups excluding carboxylic acids is 4. The third-order valence-corrected chi connectivity index (χ3v) is 5.30. The molecule has 0 spiro atoms. The summed E-state index contributed by atoms with van der Waals surface area (Å²) in [4.78, 5) is 48.5. The van der Waals surface area contributed by atoms with Crippen LogP contribution >= 0.6 is 11.8 Å². The lowest BCUT2D eigenvalue weighted by Crippen LogP contribution is -2.15. The van der Waals surface area contributed by atoms with E-state index in [2.05, 4.69) is 10.6 Å². The number of fused-ring (bicyclic) bond motifs is 1. The van der Waals surface area contributed by atoms with E-state index < -0.39 is 12.6 Å². The fraction of sp³-hybridized carbons (Fsp3) is 0.238. The molecule has 8 heteroatoms. The molecule has 2 aromatic carbocycles. The van der Waals surface area contributed by atoms with Gasteiger partial charge in [-0.1, -0.05) is 6.92 Å². The molecule has 7 nitrogen and oxygen atoms in total. The molecule has 0 fully saturated rings. The first kappa shape index (κ1) is 20.6. The average Bonchev–Trinajstić information content (AvgIpc) is 2.91. The molecule has 0 atom stereocenters. The summed E-state index contributed by atoms with van der Waals surface area (Å²) in [5.74, 6) is -0.538. The third kappa shape index (κ3) is 5.45. The second kappa shape index (κ2) is 9.38. The summed E-state index contributed by atoms with van der Waals surface area (Å²) in [7, 11) is 0. The minimum Gasteiger partial charge on any atom is -0.454 e. The minimum absolute atomic E-state index is 0.101. The molecule has 0 aromatic heterocycles. The van der Waals surface area contributed by atoms with Crippen LogP contribution < -0.4 is 10.6 Å². The Kier molecular flexibility index (Phi) is 6.66. The van der Waals surface area contributed by atoms with Crippen LogP contribution in [0.1, 0.15) is 40.5 Å². The molecule has 2 amide bonds. The lowest BCUT2D eigenvalue weighted by Gasteiger charge is -2.09. The number of ketones is 1. The molecule has 0 radical (unpaired) electrons. The molecule has 0 bridgehead atoms. The van der Waals surface area contributed by atoms with Crippen molar-refractivity contribution in [3.8, 4) is 0 Å². The van der Waals surface area contributed by atoms with Gasteiger partial charge in [0.05, 0.1) is 11.3 Å². The number of rotatable bonds is 6. The van der Waals surface area contributed by atoms with Crippen molar-refractivity contribution < 1.29 is 23.9 Å². The summed E-state index contributed by atoms with van der Waals surface area (Å²) in [6, 6.07) is 11.3. The van der Waals surface area contributed by atoms with Crippen molar-refractivity contribution in [1.82, 2.24) is 0 Å². The number of hydrogen-bond acceptors (Lipinski definition) is 6. The highest BCUT2D eigenvalue weighted by molar-refractivity contribution is 7.99. The molecule has 0 saturated carbocycles. The fourth-order valence-electron chi connectivity index (χ4n) is 2.63. The summed E-state index contributed by atoms with van der Waals surface area (Å²) in [6.07, 6.45) is 0.774. The highest BCUT2D eigenvalue weighted by Gasteiger charge is 2.17. The Hall–Kier alpha value is -3.13. The van der Waals surface area contributed by atoms with Gasteiger partial charge in [-0.25, -0.2) is 4.79 Å². The zero-order valence-corrected chi connectivity index (χ0v) is 16.6. The summed E-state index contributed by atoms with van der Waals surface area (Å²) in [6.45, 7) is 1.34. The molecule has 0 aliphatic carbocycles. The molecule has 3 rings (SSSR count). The lowest BCUT2D eigenvalue weighted by molar-refractivity contribution is -0.116. The molecular weight excluding hydrogens is 392 g/mol. The van der Waals surface area contributed by atoms with E-state index in [0.717, 1.165) is 4.90 Å². The van der Waals surface area contributed by atoms with Crippen LogP contribution in [0.4, 0.5) is 11.4 Å². The number of carbonyl (C=O) groups is 4. The second-order valence-corrected chi connectivity index (χ2v) is 7.47. The number of amides is 2. The van der Waals surface area contributed by atoms with Crippen molar-refractivity contribution in [2.75, 3.05) is 23.0 Å². The highest BCUT2D eigenvalue weighted by Crippen LogP contribution is 2.31. The molecule has 1 aliphatic heterocycles. The van der Waals surface area contributed by atoms with E-state index in [4.69, 9.17) is 4.74 Å². The Morgan fingerprint density at radius 2 is 1.83 bits per heavy atom. The quantitative estimate of drug-likeness (QED) is 0.556. The first-order valence-corrected chi connectivity index (χ1v) is 10.1. The van der Waals surface area contributed by atoms with Crippen LogP contribution in [0.2, 0.25) is 0 Å². The summed E-state index contributed by atoms with van der Waals surface area (Å²) >= 11 is 1.54. The van der Waals surface area contributed by atoms with Crippen molar-refractivity contribution in [3.63, 3.8) is 0 Å². The van der Waals surface area contributed by atoms with Gasteiger partial charge in [0.15, 0.2) is 12.4 Å². The van der Waals surface area contributed by atoms with Gasteiger partial charge < -0.3 is 15.4 Å². The Morgan fingerprint density at radius 3 is 2.55 bits per heavy atom. The van der Waals surface area contributed by atoms with Crippen LogP contribution in [0.3, 0.4) is 0 Å². The van der Waals surface area contributed by atoms with Gasteiger partial charge in [-0.05, 0) is 42.5 Å². The number of nitrogens with one attached hydrogen (secondary N) is 2. The number of anilines is 2. The van der Waals surface area contributed by atoms with Gasteiger partial charge in [-0.15, -0.1) is 11.8 Å². The maximum Gasteiger partial charge on any atom is 0.338 e. The molecule has 29 heavy (non-hydrogen) atoms. The van der Waals surface area contributed by atoms with Gasteiger partial charge in [0, 0.05) is 34.7 Å². The van der Waals surface area contributed by atoms with Crippen LogP contribution in [0, 0.1) is 0 Å². The fourth-order valence-corrected chi connectivity index (χ4v) is 3.57. The maximum absolute atomic E-state index is 12.3. The number of Topliss-reactive ketones (excluding diaryl/α,β-unsaturated/α-hetero) is 1. The normalized spacial score (nSPS) is 12.9. The van der Waals surface area contributed by atoms with E-state index in [0.29, 0.717) is 35.5 Å². The Labute approximate surface area is 172 Å². The topological polar surface area (TPSA) is 102 Å². The molecule has 150 valence electrons. The third-order valence-electron chi connectivity index (χ3n) is 4.22. The number of esters is 1. The minimum atomic E-state index is -0.642. The van der Waals surface area contributed by atoms with Crippen LogP contribution in [0.5, 0.6) is 0 Å². The monoisotopic (exact) mass is 412 g/mol. The average molecular weight is 412 g/mol. The van der Waals surface area contributed by atoms with Gasteiger partial charge in [0.25, 0.3) is 0 Å². The van der Waals surface area contributed by atoms with Gasteiger partial charge in [0.2, 0.25) is 11.8 Å². The van der Waals surface area contributed by atoms with Crippen LogP contribution in [-0.2, 0) is 14.3 Å². The summed E-state index contributed by atoms with van der Waals surface area (Å²) in [5, 5.41) is 5.46. The summed E-state index contributed by atoms with van der Waals surface area (Å²) < 4.78 is 5.13. The van der Waals surface area contributed by atoms with E-state index in [1.165, 1.54) is 11.8 Å². The largest absolute Gasteiger partial charge is 0.454 e. The predicted molar refractivity (Wildman–Crippen MR) is 110 cm³/mol. The molecule has 2 N–H and O–H groups in total. The van der Waals surface area contributed by atoms with Gasteiger partial charge in [-0.3, -0.25) is 14.4 Å². The molecule has 1 heterocycles. The van der Waals surface area contributed by atoms with Crippen molar-refractivity contribution in [2.24, 2.45) is 0 Å². The first-order chi connectivity index (χ1) is 14.0.